The van der Waals surface area contributed by atoms with Gasteiger partial charge in [0.15, 0.2) is 0 Å². The van der Waals surface area contributed by atoms with E-state index < -0.39 is 22.2 Å². The van der Waals surface area contributed by atoms with Gasteiger partial charge in [-0.1, -0.05) is 11.6 Å². The van der Waals surface area contributed by atoms with E-state index in [1.165, 1.54) is 30.3 Å². The highest BCUT2D eigenvalue weighted by Crippen LogP contribution is 2.26. The summed E-state index contributed by atoms with van der Waals surface area (Å²) < 4.78 is 10.2. The van der Waals surface area contributed by atoms with Crippen molar-refractivity contribution >= 4 is 34.2 Å². The molecular weight excluding hydrogens is 338 g/mol. The van der Waals surface area contributed by atoms with E-state index in [-0.39, 0.29) is 21.9 Å². The van der Waals surface area contributed by atoms with Gasteiger partial charge < -0.3 is 9.15 Å². The van der Waals surface area contributed by atoms with E-state index in [0.29, 0.717) is 5.39 Å². The first-order valence-electron chi connectivity index (χ1n) is 6.64. The quantitative estimate of drug-likeness (QED) is 0.236. The van der Waals surface area contributed by atoms with Gasteiger partial charge in [-0.05, 0) is 30.3 Å². The van der Waals surface area contributed by atoms with Gasteiger partial charge in [0.05, 0.1) is 10.5 Å². The van der Waals surface area contributed by atoms with Crippen molar-refractivity contribution in [1.82, 2.24) is 0 Å². The summed E-state index contributed by atoms with van der Waals surface area (Å²) >= 11 is 5.70. The van der Waals surface area contributed by atoms with Crippen LogP contribution in [0.4, 0.5) is 5.69 Å². The first-order chi connectivity index (χ1) is 11.4. The minimum Gasteiger partial charge on any atom is -0.423 e. The molecule has 1 aromatic heterocycles. The standard InChI is InChI=1S/C16H8ClNO6/c17-12-5-2-10(7-13(12)18(21)22)16(20)23-11-4-1-9-3-6-15(19)24-14(9)8-11/h1-8H. The Morgan fingerprint density at radius 3 is 2.62 bits per heavy atom. The molecule has 1 heterocycles. The fraction of sp³-hybridized carbons (Fsp3) is 0. The molecule has 8 heteroatoms. The van der Waals surface area contributed by atoms with Crippen LogP contribution in [0.1, 0.15) is 10.4 Å². The van der Waals surface area contributed by atoms with E-state index >= 15 is 0 Å². The fourth-order valence-electron chi connectivity index (χ4n) is 2.05. The van der Waals surface area contributed by atoms with Crippen LogP contribution >= 0.6 is 11.6 Å². The highest BCUT2D eigenvalue weighted by molar-refractivity contribution is 6.32. The molecule has 0 N–H and O–H groups in total. The van der Waals surface area contributed by atoms with Gasteiger partial charge in [0.1, 0.15) is 16.4 Å². The second kappa shape index (κ2) is 6.13. The Kier molecular flexibility index (Phi) is 4.01. The lowest BCUT2D eigenvalue weighted by molar-refractivity contribution is -0.384. The number of hydrogen-bond donors (Lipinski definition) is 0. The number of ether oxygens (including phenoxy) is 1. The van der Waals surface area contributed by atoms with Crippen molar-refractivity contribution in [2.24, 2.45) is 0 Å². The molecule has 0 aliphatic carbocycles. The molecular formula is C16H8ClNO6. The summed E-state index contributed by atoms with van der Waals surface area (Å²) in [6.07, 6.45) is 0. The van der Waals surface area contributed by atoms with Crippen molar-refractivity contribution in [1.29, 1.82) is 0 Å². The predicted octanol–water partition coefficient (Wildman–Crippen LogP) is 3.57. The lowest BCUT2D eigenvalue weighted by Crippen LogP contribution is -2.09. The third-order valence-corrected chi connectivity index (χ3v) is 3.50. The third-order valence-electron chi connectivity index (χ3n) is 3.18. The van der Waals surface area contributed by atoms with Crippen molar-refractivity contribution in [3.8, 4) is 5.75 Å². The smallest absolute Gasteiger partial charge is 0.343 e. The summed E-state index contributed by atoms with van der Waals surface area (Å²) in [7, 11) is 0. The number of halogens is 1. The van der Waals surface area contributed by atoms with Crippen molar-refractivity contribution in [2.75, 3.05) is 0 Å². The van der Waals surface area contributed by atoms with Gasteiger partial charge in [-0.15, -0.1) is 0 Å². The number of nitrogens with zero attached hydrogens (tertiary/aromatic N) is 1. The van der Waals surface area contributed by atoms with Gasteiger partial charge in [0.25, 0.3) is 5.69 Å². The van der Waals surface area contributed by atoms with Crippen molar-refractivity contribution in [2.45, 2.75) is 0 Å². The molecule has 0 radical (unpaired) electrons. The Hall–Kier alpha value is -3.19. The van der Waals surface area contributed by atoms with Crippen LogP contribution in [0.5, 0.6) is 5.75 Å². The number of carbonyl (C=O) groups excluding carboxylic acids is 1. The number of esters is 1. The van der Waals surface area contributed by atoms with Gasteiger partial charge in [-0.3, -0.25) is 10.1 Å². The molecule has 24 heavy (non-hydrogen) atoms. The second-order valence-corrected chi connectivity index (χ2v) is 5.17. The Labute approximate surface area is 139 Å². The predicted molar refractivity (Wildman–Crippen MR) is 85.5 cm³/mol. The zero-order valence-corrected chi connectivity index (χ0v) is 12.6. The molecule has 0 aliphatic heterocycles. The largest absolute Gasteiger partial charge is 0.423 e. The van der Waals surface area contributed by atoms with Gasteiger partial charge in [0, 0.05) is 23.6 Å². The summed E-state index contributed by atoms with van der Waals surface area (Å²) in [6, 6.07) is 11.0. The Balaban J connectivity index is 1.91. The maximum Gasteiger partial charge on any atom is 0.343 e. The van der Waals surface area contributed by atoms with Crippen LogP contribution in [0.3, 0.4) is 0 Å². The number of carbonyl (C=O) groups is 1. The average molecular weight is 346 g/mol. The van der Waals surface area contributed by atoms with Gasteiger partial charge in [-0.25, -0.2) is 9.59 Å². The fourth-order valence-corrected chi connectivity index (χ4v) is 2.24. The number of hydrogen-bond acceptors (Lipinski definition) is 6. The normalized spacial score (nSPS) is 10.5. The molecule has 7 nitrogen and oxygen atoms in total. The number of nitro benzene ring substituents is 1. The van der Waals surface area contributed by atoms with Crippen LogP contribution in [-0.2, 0) is 0 Å². The Morgan fingerprint density at radius 2 is 1.88 bits per heavy atom. The number of fused-ring (bicyclic) bond motifs is 1. The minimum absolute atomic E-state index is 0.0271. The highest BCUT2D eigenvalue weighted by atomic mass is 35.5. The summed E-state index contributed by atoms with van der Waals surface area (Å²) in [5.41, 5.74) is -0.689. The third kappa shape index (κ3) is 3.11. The molecule has 0 atom stereocenters. The van der Waals surface area contributed by atoms with Crippen molar-refractivity contribution < 1.29 is 18.9 Å². The van der Waals surface area contributed by atoms with E-state index in [9.17, 15) is 19.7 Å². The molecule has 0 unspecified atom stereocenters. The summed E-state index contributed by atoms with van der Waals surface area (Å²) in [5.74, 6) is -0.660. The number of rotatable bonds is 3. The Bertz CT molecular complexity index is 1030. The average Bonchev–Trinajstić information content (AvgIpc) is 2.54. The van der Waals surface area contributed by atoms with Gasteiger partial charge >= 0.3 is 11.6 Å². The van der Waals surface area contributed by atoms with E-state index in [1.807, 2.05) is 0 Å². The van der Waals surface area contributed by atoms with E-state index in [4.69, 9.17) is 20.8 Å². The summed E-state index contributed by atoms with van der Waals surface area (Å²) in [4.78, 5) is 33.5. The molecule has 0 fully saturated rings. The van der Waals surface area contributed by atoms with Crippen LogP contribution in [-0.4, -0.2) is 10.9 Å². The lowest BCUT2D eigenvalue weighted by atomic mass is 10.2. The molecule has 120 valence electrons. The summed E-state index contributed by atoms with van der Waals surface area (Å²) in [5, 5.41) is 11.4. The minimum atomic E-state index is -0.799. The molecule has 0 spiro atoms. The SMILES string of the molecule is O=C(Oc1ccc2ccc(=O)oc2c1)c1ccc(Cl)c([N+](=O)[O-])c1. The van der Waals surface area contributed by atoms with Crippen LogP contribution in [0.25, 0.3) is 11.0 Å². The van der Waals surface area contributed by atoms with E-state index in [1.54, 1.807) is 12.1 Å². The molecule has 3 aromatic rings. The number of nitro groups is 1. The summed E-state index contributed by atoms with van der Waals surface area (Å²) in [6.45, 7) is 0. The first kappa shape index (κ1) is 15.7. The monoisotopic (exact) mass is 345 g/mol. The first-order valence-corrected chi connectivity index (χ1v) is 7.02. The van der Waals surface area contributed by atoms with Crippen LogP contribution in [0.15, 0.2) is 57.7 Å². The zero-order valence-electron chi connectivity index (χ0n) is 11.9. The van der Waals surface area contributed by atoms with Gasteiger partial charge in [0.2, 0.25) is 0 Å². The van der Waals surface area contributed by atoms with E-state index in [0.717, 1.165) is 6.07 Å². The molecule has 3 rings (SSSR count). The van der Waals surface area contributed by atoms with Crippen LogP contribution in [0.2, 0.25) is 5.02 Å². The maximum atomic E-state index is 12.1. The van der Waals surface area contributed by atoms with Crippen LogP contribution < -0.4 is 10.4 Å². The second-order valence-electron chi connectivity index (χ2n) is 4.77. The molecule has 0 saturated heterocycles. The Morgan fingerprint density at radius 1 is 1.12 bits per heavy atom. The molecule has 0 saturated carbocycles. The van der Waals surface area contributed by atoms with Crippen molar-refractivity contribution in [3.63, 3.8) is 0 Å². The number of benzene rings is 2. The molecule has 2 aromatic carbocycles. The lowest BCUT2D eigenvalue weighted by Gasteiger charge is -2.05. The topological polar surface area (TPSA) is 99.7 Å². The van der Waals surface area contributed by atoms with Gasteiger partial charge in [-0.2, -0.15) is 0 Å². The van der Waals surface area contributed by atoms with Crippen molar-refractivity contribution in [3.05, 3.63) is 79.7 Å². The molecule has 0 bridgehead atoms. The molecule has 0 amide bonds. The highest BCUT2D eigenvalue weighted by Gasteiger charge is 2.17. The van der Waals surface area contributed by atoms with Crippen LogP contribution in [0, 0.1) is 10.1 Å². The van der Waals surface area contributed by atoms with E-state index in [2.05, 4.69) is 0 Å². The maximum absolute atomic E-state index is 12.1. The zero-order chi connectivity index (χ0) is 17.3. The molecule has 0 aliphatic rings.